The Bertz CT molecular complexity index is 612. The highest BCUT2D eigenvalue weighted by molar-refractivity contribution is 7.68. The molecular formula is C16H22ClN2P. The summed E-state index contributed by atoms with van der Waals surface area (Å²) in [4.78, 5) is 9.39. The van der Waals surface area contributed by atoms with E-state index in [0.717, 1.165) is 16.5 Å². The van der Waals surface area contributed by atoms with Crippen LogP contribution in [0.15, 0.2) is 24.3 Å². The van der Waals surface area contributed by atoms with Crippen LogP contribution in [0, 0.1) is 0 Å². The van der Waals surface area contributed by atoms with Crippen molar-refractivity contribution in [3.05, 3.63) is 29.4 Å². The number of rotatable bonds is 1. The molecule has 0 aliphatic heterocycles. The average Bonchev–Trinajstić information content (AvgIpc) is 2.26. The minimum atomic E-state index is -0.537. The molecule has 20 heavy (non-hydrogen) atoms. The highest BCUT2D eigenvalue weighted by Crippen LogP contribution is 2.58. The van der Waals surface area contributed by atoms with Gasteiger partial charge >= 0.3 is 0 Å². The van der Waals surface area contributed by atoms with E-state index < -0.39 is 7.92 Å². The normalized spacial score (nSPS) is 13.2. The van der Waals surface area contributed by atoms with Crippen LogP contribution in [0.25, 0.3) is 11.0 Å². The molecule has 0 saturated heterocycles. The SMILES string of the molecule is CC(C)(C)P(c1nc2ccccc2nc1Cl)C(C)(C)C. The third kappa shape index (κ3) is 3.13. The smallest absolute Gasteiger partial charge is 0.155 e. The van der Waals surface area contributed by atoms with Gasteiger partial charge in [0.1, 0.15) is 5.44 Å². The van der Waals surface area contributed by atoms with Gasteiger partial charge in [0, 0.05) is 0 Å². The molecule has 0 bridgehead atoms. The molecule has 0 aliphatic carbocycles. The standard InChI is InChI=1S/C16H22ClN2P/c1-15(2,3)20(16(4,5)6)14-13(17)18-11-9-7-8-10-12(11)19-14/h7-10H,1-6H3. The lowest BCUT2D eigenvalue weighted by atomic mass is 10.2. The Kier molecular flexibility index (Phi) is 4.10. The zero-order valence-electron chi connectivity index (χ0n) is 13.0. The number of para-hydroxylation sites is 2. The third-order valence-corrected chi connectivity index (χ3v) is 6.88. The van der Waals surface area contributed by atoms with E-state index in [0.29, 0.717) is 5.15 Å². The summed E-state index contributed by atoms with van der Waals surface area (Å²) in [5.74, 6) is 0. The summed E-state index contributed by atoms with van der Waals surface area (Å²) in [5.41, 5.74) is 2.76. The molecule has 0 aliphatic rings. The van der Waals surface area contributed by atoms with Crippen molar-refractivity contribution in [3.8, 4) is 0 Å². The van der Waals surface area contributed by atoms with Gasteiger partial charge in [-0.3, -0.25) is 0 Å². The lowest BCUT2D eigenvalue weighted by Gasteiger charge is -2.40. The second kappa shape index (κ2) is 5.24. The quantitative estimate of drug-likeness (QED) is 0.694. The summed E-state index contributed by atoms with van der Waals surface area (Å²) in [6.45, 7) is 13.6. The van der Waals surface area contributed by atoms with Crippen LogP contribution in [0.4, 0.5) is 0 Å². The second-order valence-electron chi connectivity index (χ2n) is 7.00. The molecule has 0 saturated carbocycles. The van der Waals surface area contributed by atoms with Crippen LogP contribution >= 0.6 is 19.5 Å². The minimum Gasteiger partial charge on any atom is -0.243 e. The maximum atomic E-state index is 6.45. The zero-order chi connectivity index (χ0) is 15.1. The molecule has 0 atom stereocenters. The van der Waals surface area contributed by atoms with Crippen molar-refractivity contribution in [1.82, 2.24) is 9.97 Å². The van der Waals surface area contributed by atoms with Crippen molar-refractivity contribution in [1.29, 1.82) is 0 Å². The Morgan fingerprint density at radius 1 is 0.850 bits per heavy atom. The molecular weight excluding hydrogens is 287 g/mol. The van der Waals surface area contributed by atoms with Gasteiger partial charge in [-0.05, 0) is 30.4 Å². The lowest BCUT2D eigenvalue weighted by Crippen LogP contribution is -2.33. The van der Waals surface area contributed by atoms with Gasteiger partial charge < -0.3 is 0 Å². The van der Waals surface area contributed by atoms with Gasteiger partial charge in [-0.1, -0.05) is 65.3 Å². The van der Waals surface area contributed by atoms with Crippen molar-refractivity contribution >= 4 is 36.0 Å². The molecule has 0 radical (unpaired) electrons. The van der Waals surface area contributed by atoms with Crippen LogP contribution in [-0.4, -0.2) is 20.3 Å². The van der Waals surface area contributed by atoms with E-state index >= 15 is 0 Å². The number of benzene rings is 1. The van der Waals surface area contributed by atoms with Gasteiger partial charge in [-0.25, -0.2) is 9.97 Å². The van der Waals surface area contributed by atoms with E-state index in [1.165, 1.54) is 0 Å². The molecule has 2 rings (SSSR count). The molecule has 4 heteroatoms. The average molecular weight is 309 g/mol. The van der Waals surface area contributed by atoms with Crippen LogP contribution < -0.4 is 5.44 Å². The molecule has 0 unspecified atom stereocenters. The predicted molar refractivity (Wildman–Crippen MR) is 90.6 cm³/mol. The Labute approximate surface area is 127 Å². The first-order valence-corrected chi connectivity index (χ1v) is 8.55. The molecule has 2 aromatic rings. The van der Waals surface area contributed by atoms with E-state index in [-0.39, 0.29) is 10.3 Å². The Morgan fingerprint density at radius 3 is 1.75 bits per heavy atom. The summed E-state index contributed by atoms with van der Waals surface area (Å²) >= 11 is 6.45. The molecule has 108 valence electrons. The number of hydrogen-bond donors (Lipinski definition) is 0. The van der Waals surface area contributed by atoms with E-state index in [9.17, 15) is 0 Å². The largest absolute Gasteiger partial charge is 0.243 e. The van der Waals surface area contributed by atoms with E-state index in [1.807, 2.05) is 24.3 Å². The lowest BCUT2D eigenvalue weighted by molar-refractivity contribution is 0.713. The Balaban J connectivity index is 2.68. The zero-order valence-corrected chi connectivity index (χ0v) is 14.7. The maximum Gasteiger partial charge on any atom is 0.155 e. The molecule has 0 amide bonds. The number of halogens is 1. The third-order valence-electron chi connectivity index (χ3n) is 3.06. The minimum absolute atomic E-state index is 0.133. The summed E-state index contributed by atoms with van der Waals surface area (Å²) in [7, 11) is -0.537. The molecule has 0 spiro atoms. The monoisotopic (exact) mass is 308 g/mol. The molecule has 0 fully saturated rings. The number of nitrogens with zero attached hydrogens (tertiary/aromatic N) is 2. The van der Waals surface area contributed by atoms with Crippen LogP contribution in [0.2, 0.25) is 5.15 Å². The maximum absolute atomic E-state index is 6.45. The number of hydrogen-bond acceptors (Lipinski definition) is 2. The van der Waals surface area contributed by atoms with Gasteiger partial charge in [0.15, 0.2) is 5.15 Å². The fraction of sp³-hybridized carbons (Fsp3) is 0.500. The highest BCUT2D eigenvalue weighted by atomic mass is 35.5. The molecule has 2 nitrogen and oxygen atoms in total. The number of fused-ring (bicyclic) bond motifs is 1. The van der Waals surface area contributed by atoms with E-state index in [2.05, 4.69) is 46.5 Å². The van der Waals surface area contributed by atoms with Crippen LogP contribution in [0.3, 0.4) is 0 Å². The first kappa shape index (κ1) is 15.7. The summed E-state index contributed by atoms with van der Waals surface area (Å²) in [6.07, 6.45) is 0. The van der Waals surface area contributed by atoms with Crippen molar-refractivity contribution in [2.75, 3.05) is 0 Å². The molecule has 0 N–H and O–H groups in total. The fourth-order valence-electron chi connectivity index (χ4n) is 2.75. The first-order chi connectivity index (χ1) is 9.10. The van der Waals surface area contributed by atoms with Crippen LogP contribution in [0.5, 0.6) is 0 Å². The van der Waals surface area contributed by atoms with Crippen molar-refractivity contribution in [3.63, 3.8) is 0 Å². The molecule has 1 heterocycles. The van der Waals surface area contributed by atoms with Crippen molar-refractivity contribution < 1.29 is 0 Å². The van der Waals surface area contributed by atoms with Gasteiger partial charge in [0.05, 0.1) is 11.0 Å². The summed E-state index contributed by atoms with van der Waals surface area (Å²) in [6, 6.07) is 7.91. The van der Waals surface area contributed by atoms with Crippen LogP contribution in [-0.2, 0) is 0 Å². The molecule has 1 aromatic heterocycles. The van der Waals surface area contributed by atoms with Crippen LogP contribution in [0.1, 0.15) is 41.5 Å². The topological polar surface area (TPSA) is 25.8 Å². The van der Waals surface area contributed by atoms with Crippen molar-refractivity contribution in [2.24, 2.45) is 0 Å². The predicted octanol–water partition coefficient (Wildman–Crippen LogP) is 4.99. The van der Waals surface area contributed by atoms with Gasteiger partial charge in [0.25, 0.3) is 0 Å². The van der Waals surface area contributed by atoms with Crippen molar-refractivity contribution in [2.45, 2.75) is 51.9 Å². The summed E-state index contributed by atoms with van der Waals surface area (Å²) in [5, 5.41) is 0.822. The fourth-order valence-corrected chi connectivity index (χ4v) is 6.87. The molecule has 1 aromatic carbocycles. The Morgan fingerprint density at radius 2 is 1.30 bits per heavy atom. The first-order valence-electron chi connectivity index (χ1n) is 6.83. The van der Waals surface area contributed by atoms with E-state index in [4.69, 9.17) is 16.6 Å². The Hall–Kier alpha value is -0.720. The van der Waals surface area contributed by atoms with Gasteiger partial charge in [-0.2, -0.15) is 0 Å². The summed E-state index contributed by atoms with van der Waals surface area (Å²) < 4.78 is 0. The van der Waals surface area contributed by atoms with Gasteiger partial charge in [-0.15, -0.1) is 0 Å². The second-order valence-corrected chi connectivity index (χ2v) is 11.1. The van der Waals surface area contributed by atoms with E-state index in [1.54, 1.807) is 0 Å². The number of aromatic nitrogens is 2. The van der Waals surface area contributed by atoms with Gasteiger partial charge in [0.2, 0.25) is 0 Å². The highest BCUT2D eigenvalue weighted by Gasteiger charge is 2.38.